The average Bonchev–Trinajstić information content (AvgIpc) is 2.28. The van der Waals surface area contributed by atoms with E-state index in [0.29, 0.717) is 6.04 Å². The Bertz CT molecular complexity index is 327. The van der Waals surface area contributed by atoms with Crippen LogP contribution in [0.2, 0.25) is 0 Å². The lowest BCUT2D eigenvalue weighted by Crippen LogP contribution is -2.28. The molecule has 1 rings (SSSR count). The number of halogens is 2. The van der Waals surface area contributed by atoms with Gasteiger partial charge in [-0.15, -0.1) is 0 Å². The largest absolute Gasteiger partial charge is 0.435 e. The first-order valence-corrected chi connectivity index (χ1v) is 5.83. The monoisotopic (exact) mass is 243 g/mol. The fourth-order valence-corrected chi connectivity index (χ4v) is 1.58. The highest BCUT2D eigenvalue weighted by molar-refractivity contribution is 5.29. The predicted molar refractivity (Wildman–Crippen MR) is 64.4 cm³/mol. The van der Waals surface area contributed by atoms with E-state index in [1.807, 2.05) is 0 Å². The van der Waals surface area contributed by atoms with Crippen molar-refractivity contribution in [2.45, 2.75) is 45.9 Å². The number of benzene rings is 1. The Morgan fingerprint density at radius 1 is 1.18 bits per heavy atom. The van der Waals surface area contributed by atoms with E-state index >= 15 is 0 Å². The molecule has 0 saturated heterocycles. The molecule has 0 aliphatic carbocycles. The summed E-state index contributed by atoms with van der Waals surface area (Å²) in [5.41, 5.74) is 1.06. The summed E-state index contributed by atoms with van der Waals surface area (Å²) in [7, 11) is 0. The van der Waals surface area contributed by atoms with Crippen molar-refractivity contribution in [2.24, 2.45) is 0 Å². The number of hydrogen-bond donors (Lipinski definition) is 1. The molecule has 0 spiro atoms. The molecule has 0 aromatic heterocycles. The molecule has 1 N–H and O–H groups in total. The summed E-state index contributed by atoms with van der Waals surface area (Å²) in [5, 5.41) is 3.42. The lowest BCUT2D eigenvalue weighted by atomic mass is 10.1. The van der Waals surface area contributed by atoms with Crippen molar-refractivity contribution in [1.82, 2.24) is 5.32 Å². The Kier molecular flexibility index (Phi) is 5.35. The van der Waals surface area contributed by atoms with Gasteiger partial charge in [0, 0.05) is 12.1 Å². The highest BCUT2D eigenvalue weighted by Gasteiger charge is 2.09. The van der Waals surface area contributed by atoms with Crippen molar-refractivity contribution >= 4 is 0 Å². The quantitative estimate of drug-likeness (QED) is 0.821. The number of ether oxygens (including phenoxy) is 1. The molecule has 0 amide bonds. The van der Waals surface area contributed by atoms with Gasteiger partial charge >= 0.3 is 6.61 Å². The predicted octanol–water partition coefficient (Wildman–Crippen LogP) is 3.74. The highest BCUT2D eigenvalue weighted by atomic mass is 19.3. The molecule has 1 aromatic carbocycles. The Balaban J connectivity index is 2.60. The van der Waals surface area contributed by atoms with Gasteiger partial charge in [-0.25, -0.2) is 0 Å². The molecule has 2 atom stereocenters. The summed E-state index contributed by atoms with van der Waals surface area (Å²) in [6, 6.07) is 7.37. The molecule has 0 saturated carbocycles. The molecule has 0 bridgehead atoms. The number of nitrogens with one attached hydrogen (secondary N) is 1. The second-order valence-electron chi connectivity index (χ2n) is 4.15. The van der Waals surface area contributed by atoms with E-state index in [4.69, 9.17) is 0 Å². The minimum Gasteiger partial charge on any atom is -0.435 e. The first-order valence-electron chi connectivity index (χ1n) is 5.83. The summed E-state index contributed by atoms with van der Waals surface area (Å²) >= 11 is 0. The number of hydrogen-bond acceptors (Lipinski definition) is 2. The second kappa shape index (κ2) is 6.55. The van der Waals surface area contributed by atoms with Crippen LogP contribution < -0.4 is 10.1 Å². The van der Waals surface area contributed by atoms with E-state index in [1.165, 1.54) is 0 Å². The normalized spacial score (nSPS) is 14.7. The highest BCUT2D eigenvalue weighted by Crippen LogP contribution is 2.19. The molecule has 2 unspecified atom stereocenters. The second-order valence-corrected chi connectivity index (χ2v) is 4.15. The van der Waals surface area contributed by atoms with Gasteiger partial charge < -0.3 is 10.1 Å². The van der Waals surface area contributed by atoms with Crippen molar-refractivity contribution in [3.05, 3.63) is 29.8 Å². The summed E-state index contributed by atoms with van der Waals surface area (Å²) in [5.74, 6) is 0.194. The van der Waals surface area contributed by atoms with Gasteiger partial charge in [0.15, 0.2) is 0 Å². The van der Waals surface area contributed by atoms with E-state index < -0.39 is 6.61 Å². The molecule has 17 heavy (non-hydrogen) atoms. The molecule has 96 valence electrons. The summed E-state index contributed by atoms with van der Waals surface area (Å²) < 4.78 is 28.2. The van der Waals surface area contributed by atoms with E-state index in [-0.39, 0.29) is 11.8 Å². The molecule has 0 heterocycles. The summed E-state index contributed by atoms with van der Waals surface area (Å²) in [6.07, 6.45) is 1.05. The van der Waals surface area contributed by atoms with Crippen LogP contribution in [-0.2, 0) is 0 Å². The van der Waals surface area contributed by atoms with Crippen molar-refractivity contribution in [2.75, 3.05) is 0 Å². The summed E-state index contributed by atoms with van der Waals surface area (Å²) in [4.78, 5) is 0. The van der Waals surface area contributed by atoms with Gasteiger partial charge in [-0.2, -0.15) is 8.78 Å². The zero-order valence-electron chi connectivity index (χ0n) is 10.4. The number of alkyl halides is 2. The van der Waals surface area contributed by atoms with Crippen molar-refractivity contribution < 1.29 is 13.5 Å². The van der Waals surface area contributed by atoms with Gasteiger partial charge in [-0.1, -0.05) is 19.1 Å². The maximum absolute atomic E-state index is 12.0. The van der Waals surface area contributed by atoms with E-state index in [1.54, 1.807) is 24.3 Å². The van der Waals surface area contributed by atoms with Gasteiger partial charge in [0.25, 0.3) is 0 Å². The van der Waals surface area contributed by atoms with Crippen molar-refractivity contribution in [3.63, 3.8) is 0 Å². The fraction of sp³-hybridized carbons (Fsp3) is 0.538. The van der Waals surface area contributed by atoms with Gasteiger partial charge in [-0.05, 0) is 38.0 Å². The van der Waals surface area contributed by atoms with Gasteiger partial charge in [-0.3, -0.25) is 0 Å². The van der Waals surface area contributed by atoms with Crippen LogP contribution in [0.25, 0.3) is 0 Å². The molecule has 0 aliphatic rings. The minimum absolute atomic E-state index is 0.194. The first kappa shape index (κ1) is 13.9. The average molecular weight is 243 g/mol. The fourth-order valence-electron chi connectivity index (χ4n) is 1.58. The first-order chi connectivity index (χ1) is 8.02. The van der Waals surface area contributed by atoms with Crippen LogP contribution in [0.5, 0.6) is 5.75 Å². The van der Waals surface area contributed by atoms with Crippen LogP contribution in [0.1, 0.15) is 38.8 Å². The van der Waals surface area contributed by atoms with Crippen molar-refractivity contribution in [3.8, 4) is 5.75 Å². The van der Waals surface area contributed by atoms with E-state index in [2.05, 4.69) is 30.8 Å². The third kappa shape index (κ3) is 4.69. The van der Waals surface area contributed by atoms with Crippen LogP contribution >= 0.6 is 0 Å². The maximum Gasteiger partial charge on any atom is 0.387 e. The molecule has 0 aliphatic heterocycles. The SMILES string of the molecule is CCC(C)NC(C)c1ccc(OC(F)F)cc1. The van der Waals surface area contributed by atoms with E-state index in [9.17, 15) is 8.78 Å². The van der Waals surface area contributed by atoms with Crippen LogP contribution in [0.3, 0.4) is 0 Å². The summed E-state index contributed by atoms with van der Waals surface area (Å²) in [6.45, 7) is 3.51. The topological polar surface area (TPSA) is 21.3 Å². The zero-order chi connectivity index (χ0) is 12.8. The third-order valence-electron chi connectivity index (χ3n) is 2.75. The molecule has 2 nitrogen and oxygen atoms in total. The smallest absolute Gasteiger partial charge is 0.387 e. The molecule has 0 fully saturated rings. The van der Waals surface area contributed by atoms with Crippen molar-refractivity contribution in [1.29, 1.82) is 0 Å². The molecule has 4 heteroatoms. The lowest BCUT2D eigenvalue weighted by Gasteiger charge is -2.19. The molecule has 1 aromatic rings. The van der Waals surface area contributed by atoms with E-state index in [0.717, 1.165) is 12.0 Å². The van der Waals surface area contributed by atoms with Gasteiger partial charge in [0.05, 0.1) is 0 Å². The van der Waals surface area contributed by atoms with Gasteiger partial charge in [0.2, 0.25) is 0 Å². The van der Waals surface area contributed by atoms with Crippen LogP contribution in [0.4, 0.5) is 8.78 Å². The maximum atomic E-state index is 12.0. The lowest BCUT2D eigenvalue weighted by molar-refractivity contribution is -0.0498. The van der Waals surface area contributed by atoms with Crippen LogP contribution in [0, 0.1) is 0 Å². The molecule has 0 radical (unpaired) electrons. The van der Waals surface area contributed by atoms with Crippen LogP contribution in [0.15, 0.2) is 24.3 Å². The molecular weight excluding hydrogens is 224 g/mol. The Hall–Kier alpha value is -1.16. The van der Waals surface area contributed by atoms with Gasteiger partial charge in [0.1, 0.15) is 5.75 Å². The Labute approximate surface area is 101 Å². The molecular formula is C13H19F2NO. The van der Waals surface area contributed by atoms with Crippen LogP contribution in [-0.4, -0.2) is 12.7 Å². The Morgan fingerprint density at radius 3 is 2.24 bits per heavy atom. The standard InChI is InChI=1S/C13H19F2NO/c1-4-9(2)16-10(3)11-5-7-12(8-6-11)17-13(14)15/h5-10,13,16H,4H2,1-3H3. The number of rotatable bonds is 6. The zero-order valence-corrected chi connectivity index (χ0v) is 10.4. The third-order valence-corrected chi connectivity index (χ3v) is 2.75. The Morgan fingerprint density at radius 2 is 1.76 bits per heavy atom. The minimum atomic E-state index is -2.77.